The van der Waals surface area contributed by atoms with E-state index in [0.717, 1.165) is 24.5 Å². The number of pyridine rings is 1. The molecule has 2 rings (SSSR count). The molecule has 1 aromatic heterocycles. The first-order valence-corrected chi connectivity index (χ1v) is 7.92. The fourth-order valence-corrected chi connectivity index (χ4v) is 2.81. The van der Waals surface area contributed by atoms with Gasteiger partial charge < -0.3 is 9.64 Å². The van der Waals surface area contributed by atoms with Gasteiger partial charge >= 0.3 is 0 Å². The number of hydrogen-bond donors (Lipinski definition) is 0. The van der Waals surface area contributed by atoms with E-state index < -0.39 is 0 Å². The van der Waals surface area contributed by atoms with E-state index >= 15 is 0 Å². The first-order valence-electron chi connectivity index (χ1n) is 7.92. The van der Waals surface area contributed by atoms with Crippen molar-refractivity contribution in [1.82, 2.24) is 14.8 Å². The van der Waals surface area contributed by atoms with Crippen LogP contribution in [0.5, 0.6) is 0 Å². The first-order chi connectivity index (χ1) is 10.5. The number of amides is 1. The van der Waals surface area contributed by atoms with E-state index in [4.69, 9.17) is 4.74 Å². The molecule has 2 atom stereocenters. The number of aromatic nitrogens is 1. The highest BCUT2D eigenvalue weighted by Crippen LogP contribution is 2.21. The Kier molecular flexibility index (Phi) is 5.91. The Hall–Kier alpha value is -1.46. The summed E-state index contributed by atoms with van der Waals surface area (Å²) in [4.78, 5) is 20.6. The first kappa shape index (κ1) is 16.9. The quantitative estimate of drug-likeness (QED) is 0.849. The van der Waals surface area contributed by atoms with E-state index in [1.807, 2.05) is 19.1 Å². The predicted octanol–water partition coefficient (Wildman–Crippen LogP) is 1.71. The van der Waals surface area contributed by atoms with Crippen LogP contribution in [0.3, 0.4) is 0 Å². The molecule has 0 aliphatic carbocycles. The van der Waals surface area contributed by atoms with Crippen LogP contribution in [0, 0.1) is 12.8 Å². The molecule has 0 radical (unpaired) electrons. The molecule has 0 spiro atoms. The van der Waals surface area contributed by atoms with Crippen LogP contribution in [-0.4, -0.2) is 60.6 Å². The molecule has 2 heterocycles. The molecule has 0 saturated carbocycles. The number of nitrogens with zero attached hydrogens (tertiary/aromatic N) is 3. The molecule has 0 unspecified atom stereocenters. The molecular weight excluding hydrogens is 278 g/mol. The second-order valence-corrected chi connectivity index (χ2v) is 6.31. The van der Waals surface area contributed by atoms with Gasteiger partial charge in [-0.1, -0.05) is 6.07 Å². The zero-order valence-corrected chi connectivity index (χ0v) is 14.1. The summed E-state index contributed by atoms with van der Waals surface area (Å²) in [6, 6.07) is 6.42. The fraction of sp³-hybridized carbons (Fsp3) is 0.647. The van der Waals surface area contributed by atoms with Gasteiger partial charge in [-0.3, -0.25) is 14.7 Å². The third kappa shape index (κ3) is 4.52. The van der Waals surface area contributed by atoms with Crippen LogP contribution in [0.1, 0.15) is 24.7 Å². The second-order valence-electron chi connectivity index (χ2n) is 6.31. The highest BCUT2D eigenvalue weighted by atomic mass is 16.5. The van der Waals surface area contributed by atoms with E-state index in [9.17, 15) is 4.79 Å². The maximum absolute atomic E-state index is 12.0. The summed E-state index contributed by atoms with van der Waals surface area (Å²) in [5.74, 6) is 0.387. The lowest BCUT2D eigenvalue weighted by Crippen LogP contribution is -2.40. The van der Waals surface area contributed by atoms with Crippen molar-refractivity contribution in [2.75, 3.05) is 33.9 Å². The molecular formula is C17H27N3O2. The van der Waals surface area contributed by atoms with Crippen molar-refractivity contribution in [3.8, 4) is 0 Å². The molecule has 1 aromatic rings. The summed E-state index contributed by atoms with van der Waals surface area (Å²) >= 11 is 0. The Morgan fingerprint density at radius 2 is 2.23 bits per heavy atom. The van der Waals surface area contributed by atoms with Crippen molar-refractivity contribution in [1.29, 1.82) is 0 Å². The molecule has 0 aromatic carbocycles. The van der Waals surface area contributed by atoms with Crippen molar-refractivity contribution >= 4 is 5.91 Å². The van der Waals surface area contributed by atoms with Gasteiger partial charge in [-0.15, -0.1) is 0 Å². The van der Waals surface area contributed by atoms with Crippen LogP contribution < -0.4 is 0 Å². The Labute approximate surface area is 133 Å². The number of aryl methyl sites for hydroxylation is 1. The monoisotopic (exact) mass is 305 g/mol. The third-order valence-electron chi connectivity index (χ3n) is 4.36. The van der Waals surface area contributed by atoms with Gasteiger partial charge in [-0.25, -0.2) is 0 Å². The number of ether oxygens (including phenoxy) is 1. The Balaban J connectivity index is 2.05. The molecule has 1 saturated heterocycles. The molecule has 1 amide bonds. The predicted molar refractivity (Wildman–Crippen MR) is 86.5 cm³/mol. The summed E-state index contributed by atoms with van der Waals surface area (Å²) in [7, 11) is 3.61. The zero-order chi connectivity index (χ0) is 16.1. The van der Waals surface area contributed by atoms with Crippen LogP contribution in [0.2, 0.25) is 0 Å². The summed E-state index contributed by atoms with van der Waals surface area (Å²) in [6.45, 7) is 7.25. The number of hydrogen-bond acceptors (Lipinski definition) is 4. The normalized spacial score (nSPS) is 23.1. The van der Waals surface area contributed by atoms with Gasteiger partial charge in [0.25, 0.3) is 0 Å². The minimum Gasteiger partial charge on any atom is -0.380 e. The van der Waals surface area contributed by atoms with E-state index in [1.54, 1.807) is 19.0 Å². The molecule has 1 aliphatic rings. The summed E-state index contributed by atoms with van der Waals surface area (Å²) in [5, 5.41) is 0. The summed E-state index contributed by atoms with van der Waals surface area (Å²) in [5.41, 5.74) is 2.11. The largest absolute Gasteiger partial charge is 0.380 e. The standard InChI is InChI=1S/C17H27N3O2/c1-13-6-5-7-16(18-13)11-20-8-9-22-12-15(14(20)2)10-17(21)19(3)4/h5-7,14-15H,8-12H2,1-4H3/t14-,15+/m0/s1. The van der Waals surface area contributed by atoms with E-state index in [1.165, 1.54) is 0 Å². The molecule has 122 valence electrons. The van der Waals surface area contributed by atoms with Crippen molar-refractivity contribution in [2.24, 2.45) is 5.92 Å². The average molecular weight is 305 g/mol. The topological polar surface area (TPSA) is 45.7 Å². The van der Waals surface area contributed by atoms with Gasteiger partial charge in [0.2, 0.25) is 5.91 Å². The highest BCUT2D eigenvalue weighted by molar-refractivity contribution is 5.75. The maximum atomic E-state index is 12.0. The molecule has 1 aliphatic heterocycles. The Morgan fingerprint density at radius 3 is 2.91 bits per heavy atom. The van der Waals surface area contributed by atoms with Gasteiger partial charge in [0.15, 0.2) is 0 Å². The van der Waals surface area contributed by atoms with E-state index in [2.05, 4.69) is 22.9 Å². The highest BCUT2D eigenvalue weighted by Gasteiger charge is 2.29. The van der Waals surface area contributed by atoms with Crippen LogP contribution in [0.15, 0.2) is 18.2 Å². The Morgan fingerprint density at radius 1 is 1.45 bits per heavy atom. The second kappa shape index (κ2) is 7.70. The fourth-order valence-electron chi connectivity index (χ4n) is 2.81. The molecule has 22 heavy (non-hydrogen) atoms. The van der Waals surface area contributed by atoms with Gasteiger partial charge in [-0.05, 0) is 26.0 Å². The van der Waals surface area contributed by atoms with Crippen LogP contribution in [-0.2, 0) is 16.1 Å². The molecule has 5 heteroatoms. The molecule has 5 nitrogen and oxygen atoms in total. The Bertz CT molecular complexity index is 504. The van der Waals surface area contributed by atoms with Crippen LogP contribution in [0.4, 0.5) is 0 Å². The lowest BCUT2D eigenvalue weighted by molar-refractivity contribution is -0.130. The van der Waals surface area contributed by atoms with Gasteiger partial charge in [-0.2, -0.15) is 0 Å². The third-order valence-corrected chi connectivity index (χ3v) is 4.36. The minimum atomic E-state index is 0.163. The maximum Gasteiger partial charge on any atom is 0.222 e. The van der Waals surface area contributed by atoms with Crippen molar-refractivity contribution in [2.45, 2.75) is 32.9 Å². The summed E-state index contributed by atoms with van der Waals surface area (Å²) < 4.78 is 5.72. The number of rotatable bonds is 4. The van der Waals surface area contributed by atoms with Gasteiger partial charge in [0.05, 0.1) is 18.9 Å². The van der Waals surface area contributed by atoms with E-state index in [0.29, 0.717) is 25.7 Å². The van der Waals surface area contributed by atoms with Crippen molar-refractivity contribution < 1.29 is 9.53 Å². The van der Waals surface area contributed by atoms with Gasteiger partial charge in [0, 0.05) is 51.3 Å². The van der Waals surface area contributed by atoms with Crippen LogP contribution in [0.25, 0.3) is 0 Å². The minimum absolute atomic E-state index is 0.163. The van der Waals surface area contributed by atoms with Crippen molar-refractivity contribution in [3.63, 3.8) is 0 Å². The lowest BCUT2D eigenvalue weighted by Gasteiger charge is -2.31. The van der Waals surface area contributed by atoms with Gasteiger partial charge in [0.1, 0.15) is 0 Å². The summed E-state index contributed by atoms with van der Waals surface area (Å²) in [6.07, 6.45) is 0.534. The van der Waals surface area contributed by atoms with Crippen molar-refractivity contribution in [3.05, 3.63) is 29.6 Å². The molecule has 0 N–H and O–H groups in total. The number of carbonyl (C=O) groups excluding carboxylic acids is 1. The molecule has 1 fully saturated rings. The lowest BCUT2D eigenvalue weighted by atomic mass is 9.96. The zero-order valence-electron chi connectivity index (χ0n) is 14.1. The van der Waals surface area contributed by atoms with E-state index in [-0.39, 0.29) is 11.8 Å². The SMILES string of the molecule is Cc1cccc(CN2CCOC[C@@H](CC(=O)N(C)C)[C@@H]2C)n1. The van der Waals surface area contributed by atoms with Crippen LogP contribution >= 0.6 is 0 Å². The average Bonchev–Trinajstić information content (AvgIpc) is 2.63. The smallest absolute Gasteiger partial charge is 0.222 e. The number of carbonyl (C=O) groups is 1. The molecule has 0 bridgehead atoms.